The van der Waals surface area contributed by atoms with Crippen molar-refractivity contribution >= 4 is 5.91 Å². The fourth-order valence-corrected chi connectivity index (χ4v) is 3.01. The lowest BCUT2D eigenvalue weighted by atomic mass is 9.95. The van der Waals surface area contributed by atoms with Crippen LogP contribution in [0.25, 0.3) is 0 Å². The van der Waals surface area contributed by atoms with E-state index in [4.69, 9.17) is 18.9 Å². The number of hydrogen-bond donors (Lipinski definition) is 1. The highest BCUT2D eigenvalue weighted by Crippen LogP contribution is 2.31. The van der Waals surface area contributed by atoms with Crippen LogP contribution in [0.4, 0.5) is 0 Å². The van der Waals surface area contributed by atoms with Gasteiger partial charge in [-0.05, 0) is 48.4 Å². The van der Waals surface area contributed by atoms with E-state index in [0.29, 0.717) is 25.3 Å². The molecule has 1 heterocycles. The van der Waals surface area contributed by atoms with Crippen molar-refractivity contribution in [3.8, 4) is 23.0 Å². The first kappa shape index (κ1) is 17.9. The average molecular weight is 357 g/mol. The molecule has 6 nitrogen and oxygen atoms in total. The van der Waals surface area contributed by atoms with Crippen molar-refractivity contribution in [1.82, 2.24) is 5.32 Å². The third kappa shape index (κ3) is 3.85. The van der Waals surface area contributed by atoms with E-state index in [9.17, 15) is 4.79 Å². The van der Waals surface area contributed by atoms with Gasteiger partial charge in [0, 0.05) is 12.1 Å². The van der Waals surface area contributed by atoms with Gasteiger partial charge in [0.1, 0.15) is 29.6 Å². The molecule has 1 atom stereocenters. The molecule has 0 radical (unpaired) electrons. The van der Waals surface area contributed by atoms with Crippen LogP contribution in [0.2, 0.25) is 0 Å². The third-order valence-electron chi connectivity index (χ3n) is 4.49. The Morgan fingerprint density at radius 3 is 2.54 bits per heavy atom. The van der Waals surface area contributed by atoms with Crippen LogP contribution in [0.3, 0.4) is 0 Å². The number of amides is 1. The summed E-state index contributed by atoms with van der Waals surface area (Å²) in [4.78, 5) is 12.6. The van der Waals surface area contributed by atoms with E-state index in [-0.39, 0.29) is 11.8 Å². The SMILES string of the molecule is COc1ccc(OC)c(CNC(=O)[C@@H]2COc3ccc(OC)cc3C2)c1. The predicted molar refractivity (Wildman–Crippen MR) is 97.1 cm³/mol. The summed E-state index contributed by atoms with van der Waals surface area (Å²) in [6.45, 7) is 0.723. The van der Waals surface area contributed by atoms with Gasteiger partial charge in [0.25, 0.3) is 0 Å². The summed E-state index contributed by atoms with van der Waals surface area (Å²) in [6, 6.07) is 11.2. The van der Waals surface area contributed by atoms with Gasteiger partial charge >= 0.3 is 0 Å². The Bertz CT molecular complexity index is 790. The van der Waals surface area contributed by atoms with Crippen LogP contribution in [0.15, 0.2) is 36.4 Å². The molecule has 1 amide bonds. The summed E-state index contributed by atoms with van der Waals surface area (Å²) in [5.41, 5.74) is 1.84. The quantitative estimate of drug-likeness (QED) is 0.861. The summed E-state index contributed by atoms with van der Waals surface area (Å²) < 4.78 is 21.6. The number of hydrogen-bond acceptors (Lipinski definition) is 5. The van der Waals surface area contributed by atoms with E-state index in [0.717, 1.165) is 28.4 Å². The molecule has 1 aliphatic heterocycles. The first-order valence-corrected chi connectivity index (χ1v) is 8.43. The van der Waals surface area contributed by atoms with Gasteiger partial charge < -0.3 is 24.3 Å². The predicted octanol–water partition coefficient (Wildman–Crippen LogP) is 2.58. The van der Waals surface area contributed by atoms with Crippen LogP contribution in [-0.2, 0) is 17.8 Å². The number of ether oxygens (including phenoxy) is 4. The minimum absolute atomic E-state index is 0.0525. The highest BCUT2D eigenvalue weighted by atomic mass is 16.5. The van der Waals surface area contributed by atoms with E-state index in [1.807, 2.05) is 36.4 Å². The Balaban J connectivity index is 1.66. The van der Waals surface area contributed by atoms with Crippen molar-refractivity contribution in [3.05, 3.63) is 47.5 Å². The van der Waals surface area contributed by atoms with Gasteiger partial charge in [0.15, 0.2) is 0 Å². The minimum Gasteiger partial charge on any atom is -0.497 e. The van der Waals surface area contributed by atoms with E-state index in [1.54, 1.807) is 21.3 Å². The second-order valence-electron chi connectivity index (χ2n) is 6.08. The van der Waals surface area contributed by atoms with Crippen LogP contribution in [0.1, 0.15) is 11.1 Å². The van der Waals surface area contributed by atoms with Crippen molar-refractivity contribution < 1.29 is 23.7 Å². The first-order chi connectivity index (χ1) is 12.6. The second-order valence-corrected chi connectivity index (χ2v) is 6.08. The van der Waals surface area contributed by atoms with Crippen molar-refractivity contribution in [2.75, 3.05) is 27.9 Å². The minimum atomic E-state index is -0.244. The normalized spacial score (nSPS) is 15.4. The van der Waals surface area contributed by atoms with Gasteiger partial charge in [-0.3, -0.25) is 4.79 Å². The number of carbonyl (C=O) groups excluding carboxylic acids is 1. The molecule has 0 bridgehead atoms. The molecule has 138 valence electrons. The molecule has 26 heavy (non-hydrogen) atoms. The lowest BCUT2D eigenvalue weighted by Crippen LogP contribution is -2.37. The Hall–Kier alpha value is -2.89. The topological polar surface area (TPSA) is 66.0 Å². The number of benzene rings is 2. The maximum atomic E-state index is 12.6. The van der Waals surface area contributed by atoms with Crippen molar-refractivity contribution in [2.24, 2.45) is 5.92 Å². The zero-order valence-electron chi connectivity index (χ0n) is 15.2. The molecule has 6 heteroatoms. The van der Waals surface area contributed by atoms with Gasteiger partial charge in [-0.1, -0.05) is 0 Å². The highest BCUT2D eigenvalue weighted by molar-refractivity contribution is 5.79. The smallest absolute Gasteiger partial charge is 0.227 e. The summed E-state index contributed by atoms with van der Waals surface area (Å²) in [6.07, 6.45) is 0.619. The fraction of sp³-hybridized carbons (Fsp3) is 0.350. The number of rotatable bonds is 6. The summed E-state index contributed by atoms with van der Waals surface area (Å²) in [7, 11) is 4.83. The largest absolute Gasteiger partial charge is 0.497 e. The molecule has 0 spiro atoms. The molecule has 2 aromatic carbocycles. The molecule has 0 saturated heterocycles. The summed E-state index contributed by atoms with van der Waals surface area (Å²) >= 11 is 0. The van der Waals surface area contributed by atoms with Crippen LogP contribution >= 0.6 is 0 Å². The molecule has 1 N–H and O–H groups in total. The molecule has 0 saturated carbocycles. The van der Waals surface area contributed by atoms with Gasteiger partial charge in [0.05, 0.1) is 27.2 Å². The average Bonchev–Trinajstić information content (AvgIpc) is 2.70. The van der Waals surface area contributed by atoms with Crippen LogP contribution < -0.4 is 24.3 Å². The third-order valence-corrected chi connectivity index (χ3v) is 4.49. The van der Waals surface area contributed by atoms with Crippen LogP contribution in [-0.4, -0.2) is 33.8 Å². The van der Waals surface area contributed by atoms with Crippen LogP contribution in [0.5, 0.6) is 23.0 Å². The van der Waals surface area contributed by atoms with E-state index in [1.165, 1.54) is 0 Å². The molecule has 0 fully saturated rings. The Kier molecular flexibility index (Phi) is 5.51. The zero-order valence-corrected chi connectivity index (χ0v) is 15.2. The summed E-state index contributed by atoms with van der Waals surface area (Å²) in [5.74, 6) is 2.70. The first-order valence-electron chi connectivity index (χ1n) is 8.43. The van der Waals surface area contributed by atoms with Crippen LogP contribution in [0, 0.1) is 5.92 Å². The molecule has 0 aliphatic carbocycles. The van der Waals surface area contributed by atoms with Crippen molar-refractivity contribution in [1.29, 1.82) is 0 Å². The maximum absolute atomic E-state index is 12.6. The molecule has 1 aliphatic rings. The highest BCUT2D eigenvalue weighted by Gasteiger charge is 2.26. The lowest BCUT2D eigenvalue weighted by Gasteiger charge is -2.25. The molecule has 3 rings (SSSR count). The van der Waals surface area contributed by atoms with Gasteiger partial charge in [-0.25, -0.2) is 0 Å². The van der Waals surface area contributed by atoms with Gasteiger partial charge in [-0.2, -0.15) is 0 Å². The number of carbonyl (C=O) groups is 1. The Morgan fingerprint density at radius 2 is 1.81 bits per heavy atom. The number of methoxy groups -OCH3 is 3. The van der Waals surface area contributed by atoms with Crippen molar-refractivity contribution in [2.45, 2.75) is 13.0 Å². The molecule has 0 unspecified atom stereocenters. The number of nitrogens with one attached hydrogen (secondary N) is 1. The standard InChI is InChI=1S/C20H23NO5/c1-23-16-5-7-19-13(9-16)8-15(12-26-19)20(22)21-11-14-10-17(24-2)4-6-18(14)25-3/h4-7,9-10,15H,8,11-12H2,1-3H3,(H,21,22)/t15-/m0/s1. The van der Waals surface area contributed by atoms with E-state index in [2.05, 4.69) is 5.32 Å². The Morgan fingerprint density at radius 1 is 1.08 bits per heavy atom. The molecule has 0 aromatic heterocycles. The fourth-order valence-electron chi connectivity index (χ4n) is 3.01. The van der Waals surface area contributed by atoms with Gasteiger partial charge in [0.2, 0.25) is 5.91 Å². The van der Waals surface area contributed by atoms with Gasteiger partial charge in [-0.15, -0.1) is 0 Å². The molecular formula is C20H23NO5. The zero-order chi connectivity index (χ0) is 18.5. The Labute approximate surface area is 153 Å². The van der Waals surface area contributed by atoms with E-state index < -0.39 is 0 Å². The second kappa shape index (κ2) is 7.99. The molecule has 2 aromatic rings. The van der Waals surface area contributed by atoms with Crippen molar-refractivity contribution in [3.63, 3.8) is 0 Å². The number of fused-ring (bicyclic) bond motifs is 1. The summed E-state index contributed by atoms with van der Waals surface area (Å²) in [5, 5.41) is 2.97. The lowest BCUT2D eigenvalue weighted by molar-refractivity contribution is -0.126. The van der Waals surface area contributed by atoms with E-state index >= 15 is 0 Å². The maximum Gasteiger partial charge on any atom is 0.227 e. The molecular weight excluding hydrogens is 334 g/mol. The monoisotopic (exact) mass is 357 g/mol.